The van der Waals surface area contributed by atoms with Gasteiger partial charge in [-0.25, -0.2) is 13.4 Å². The average Bonchev–Trinajstić information content (AvgIpc) is 2.64. The van der Waals surface area contributed by atoms with Crippen LogP contribution >= 0.6 is 11.6 Å². The summed E-state index contributed by atoms with van der Waals surface area (Å²) in [6.07, 6.45) is 1.53. The van der Waals surface area contributed by atoms with E-state index in [0.717, 1.165) is 11.4 Å². The molecule has 2 heterocycles. The van der Waals surface area contributed by atoms with Gasteiger partial charge in [0.15, 0.2) is 0 Å². The lowest BCUT2D eigenvalue weighted by Gasteiger charge is -2.25. The van der Waals surface area contributed by atoms with Gasteiger partial charge in [-0.15, -0.1) is 0 Å². The van der Waals surface area contributed by atoms with Crippen molar-refractivity contribution in [3.8, 4) is 0 Å². The highest BCUT2D eigenvalue weighted by molar-refractivity contribution is 7.89. The van der Waals surface area contributed by atoms with E-state index in [2.05, 4.69) is 4.98 Å². The second-order valence-corrected chi connectivity index (χ2v) is 8.22. The number of sulfonamides is 1. The van der Waals surface area contributed by atoms with Gasteiger partial charge in [0.05, 0.1) is 20.3 Å². The lowest BCUT2D eigenvalue weighted by atomic mass is 10.2. The highest BCUT2D eigenvalue weighted by Crippen LogP contribution is 2.20. The molecule has 0 amide bonds. The minimum atomic E-state index is -3.49. The molecule has 25 heavy (non-hydrogen) atoms. The van der Waals surface area contributed by atoms with Crippen molar-refractivity contribution in [1.29, 1.82) is 0 Å². The first-order valence-electron chi connectivity index (χ1n) is 8.02. The molecular weight excluding hydrogens is 362 g/mol. The van der Waals surface area contributed by atoms with E-state index in [-0.39, 0.29) is 4.90 Å². The fraction of sp³-hybridized carbons (Fsp3) is 0.353. The summed E-state index contributed by atoms with van der Waals surface area (Å²) < 4.78 is 31.9. The van der Waals surface area contributed by atoms with Crippen molar-refractivity contribution in [2.45, 2.75) is 11.4 Å². The van der Waals surface area contributed by atoms with Crippen molar-refractivity contribution in [2.24, 2.45) is 0 Å². The number of hydrogen-bond donors (Lipinski definition) is 0. The summed E-state index contributed by atoms with van der Waals surface area (Å²) in [4.78, 5) is 5.30. The highest BCUT2D eigenvalue weighted by Gasteiger charge is 2.27. The van der Waals surface area contributed by atoms with Gasteiger partial charge >= 0.3 is 0 Å². The summed E-state index contributed by atoms with van der Waals surface area (Å²) in [6, 6.07) is 11.0. The van der Waals surface area contributed by atoms with Gasteiger partial charge in [-0.1, -0.05) is 29.8 Å². The molecule has 0 aliphatic carbocycles. The fourth-order valence-electron chi connectivity index (χ4n) is 2.70. The zero-order valence-electron chi connectivity index (χ0n) is 14.0. The topological polar surface area (TPSA) is 64.0 Å². The van der Waals surface area contributed by atoms with Crippen molar-refractivity contribution >= 4 is 27.4 Å². The minimum absolute atomic E-state index is 0.254. The van der Waals surface area contributed by atoms with Crippen LogP contribution in [0.5, 0.6) is 0 Å². The van der Waals surface area contributed by atoms with Crippen LogP contribution < -0.4 is 9.88 Å². The highest BCUT2D eigenvalue weighted by atomic mass is 35.5. The van der Waals surface area contributed by atoms with Crippen LogP contribution in [-0.2, 0) is 21.3 Å². The van der Waals surface area contributed by atoms with Crippen molar-refractivity contribution in [3.63, 3.8) is 0 Å². The monoisotopic (exact) mass is 382 g/mol. The molecule has 0 saturated carbocycles. The first-order chi connectivity index (χ1) is 12.0. The number of nitrogens with zero attached hydrogens (tertiary/aromatic N) is 2. The Kier molecular flexibility index (Phi) is 5.58. The van der Waals surface area contributed by atoms with Gasteiger partial charge in [0.25, 0.3) is 5.82 Å². The first kappa shape index (κ1) is 18.1. The van der Waals surface area contributed by atoms with Crippen LogP contribution in [0.3, 0.4) is 0 Å². The number of aromatic amines is 1. The average molecular weight is 383 g/mol. The molecule has 0 atom stereocenters. The maximum absolute atomic E-state index is 12.6. The number of ether oxygens (including phenoxy) is 1. The number of morpholine rings is 1. The summed E-state index contributed by atoms with van der Waals surface area (Å²) in [5.74, 6) is 0.806. The number of anilines is 1. The molecule has 1 aromatic heterocycles. The van der Waals surface area contributed by atoms with Crippen molar-refractivity contribution in [2.75, 3.05) is 38.3 Å². The van der Waals surface area contributed by atoms with Crippen LogP contribution in [0.15, 0.2) is 47.5 Å². The van der Waals surface area contributed by atoms with Crippen LogP contribution in [0.4, 0.5) is 5.82 Å². The lowest BCUT2D eigenvalue weighted by Crippen LogP contribution is -2.41. The molecule has 134 valence electrons. The van der Waals surface area contributed by atoms with Crippen LogP contribution in [0.1, 0.15) is 5.56 Å². The summed E-state index contributed by atoms with van der Waals surface area (Å²) in [5, 5.41) is 0.709. The summed E-state index contributed by atoms with van der Waals surface area (Å²) in [6.45, 7) is 2.25. The predicted molar refractivity (Wildman–Crippen MR) is 96.1 cm³/mol. The SMILES string of the molecule is CN(Cc1ccccc1Cl)c1ccc(S(=O)(=O)N2CCOCC2)c[nH+]1. The van der Waals surface area contributed by atoms with Gasteiger partial charge in [-0.05, 0) is 12.1 Å². The second-order valence-electron chi connectivity index (χ2n) is 5.87. The molecule has 0 radical (unpaired) electrons. The summed E-state index contributed by atoms with van der Waals surface area (Å²) in [5.41, 5.74) is 1.00. The smallest absolute Gasteiger partial charge is 0.274 e. The van der Waals surface area contributed by atoms with Gasteiger partial charge in [0, 0.05) is 29.7 Å². The fourth-order valence-corrected chi connectivity index (χ4v) is 4.27. The standard InChI is InChI=1S/C17H20ClN3O3S/c1-20(13-14-4-2-3-5-16(14)18)17-7-6-15(12-19-17)25(22,23)21-8-10-24-11-9-21/h2-7,12H,8-11,13H2,1H3/p+1. The van der Waals surface area contributed by atoms with E-state index in [4.69, 9.17) is 16.3 Å². The first-order valence-corrected chi connectivity index (χ1v) is 9.84. The molecule has 6 nitrogen and oxygen atoms in total. The van der Waals surface area contributed by atoms with Crippen LogP contribution in [0.25, 0.3) is 0 Å². The lowest BCUT2D eigenvalue weighted by molar-refractivity contribution is -0.367. The Morgan fingerprint density at radius 2 is 1.92 bits per heavy atom. The van der Waals surface area contributed by atoms with Gasteiger partial charge in [-0.3, -0.25) is 4.90 Å². The Balaban J connectivity index is 1.74. The van der Waals surface area contributed by atoms with Crippen LogP contribution in [0.2, 0.25) is 5.02 Å². The molecule has 8 heteroatoms. The number of aromatic nitrogens is 1. The number of hydrogen-bond acceptors (Lipinski definition) is 4. The minimum Gasteiger partial charge on any atom is -0.379 e. The molecule has 1 saturated heterocycles. The predicted octanol–water partition coefficient (Wildman–Crippen LogP) is 1.81. The van der Waals surface area contributed by atoms with E-state index in [9.17, 15) is 8.42 Å². The van der Waals surface area contributed by atoms with Gasteiger partial charge < -0.3 is 4.74 Å². The molecule has 1 aliphatic rings. The third-order valence-electron chi connectivity index (χ3n) is 4.15. The molecule has 0 spiro atoms. The van der Waals surface area contributed by atoms with Crippen molar-refractivity contribution < 1.29 is 18.1 Å². The van der Waals surface area contributed by atoms with E-state index in [1.807, 2.05) is 36.2 Å². The normalized spacial score (nSPS) is 15.9. The molecule has 0 bridgehead atoms. The second kappa shape index (κ2) is 7.70. The third-order valence-corrected chi connectivity index (χ3v) is 6.42. The summed E-state index contributed by atoms with van der Waals surface area (Å²) in [7, 11) is -1.57. The van der Waals surface area contributed by atoms with Gasteiger partial charge in [0.2, 0.25) is 10.0 Å². The van der Waals surface area contributed by atoms with E-state index < -0.39 is 10.0 Å². The van der Waals surface area contributed by atoms with E-state index >= 15 is 0 Å². The maximum Gasteiger partial charge on any atom is 0.274 e. The molecule has 3 rings (SSSR count). The Hall–Kier alpha value is -1.67. The Bertz CT molecular complexity index is 821. The Labute approximate surface area is 153 Å². The quantitative estimate of drug-likeness (QED) is 0.791. The maximum atomic E-state index is 12.6. The van der Waals surface area contributed by atoms with Crippen molar-refractivity contribution in [3.05, 3.63) is 53.2 Å². The number of pyridine rings is 1. The number of benzene rings is 1. The van der Waals surface area contributed by atoms with Crippen LogP contribution in [-0.4, -0.2) is 46.1 Å². The zero-order valence-corrected chi connectivity index (χ0v) is 15.6. The largest absolute Gasteiger partial charge is 0.379 e. The van der Waals surface area contributed by atoms with E-state index in [0.29, 0.717) is 37.9 Å². The van der Waals surface area contributed by atoms with Crippen LogP contribution in [0, 0.1) is 0 Å². The number of halogens is 1. The number of H-pyrrole nitrogens is 1. The molecule has 1 aromatic carbocycles. The molecule has 1 N–H and O–H groups in total. The number of nitrogens with one attached hydrogen (secondary N) is 1. The zero-order chi connectivity index (χ0) is 17.9. The Morgan fingerprint density at radius 1 is 1.20 bits per heavy atom. The van der Waals surface area contributed by atoms with Gasteiger partial charge in [-0.2, -0.15) is 4.31 Å². The van der Waals surface area contributed by atoms with Crippen molar-refractivity contribution in [1.82, 2.24) is 4.31 Å². The summed E-state index contributed by atoms with van der Waals surface area (Å²) >= 11 is 6.19. The molecule has 1 fully saturated rings. The van der Waals surface area contributed by atoms with E-state index in [1.165, 1.54) is 10.5 Å². The number of rotatable bonds is 5. The molecule has 1 aliphatic heterocycles. The molecule has 0 unspecified atom stereocenters. The molecular formula is C17H21ClN3O3S+. The third kappa shape index (κ3) is 4.12. The van der Waals surface area contributed by atoms with Gasteiger partial charge in [0.1, 0.15) is 17.6 Å². The Morgan fingerprint density at radius 3 is 2.56 bits per heavy atom. The van der Waals surface area contributed by atoms with E-state index in [1.54, 1.807) is 12.1 Å². The molecule has 2 aromatic rings.